The molecule has 98 valence electrons. The first-order chi connectivity index (χ1) is 9.06. The number of para-hydroxylation sites is 1. The summed E-state index contributed by atoms with van der Waals surface area (Å²) in [7, 11) is -3.82. The van der Waals surface area contributed by atoms with Gasteiger partial charge in [-0.3, -0.25) is 9.78 Å². The summed E-state index contributed by atoms with van der Waals surface area (Å²) < 4.78 is 26.2. The maximum absolute atomic E-state index is 12.0. The Morgan fingerprint density at radius 3 is 2.74 bits per heavy atom. The SMILES string of the molecule is O=C(NS(=O)(=O)c1cnc2ccccc2c1)C1CC1. The second-order valence-electron chi connectivity index (χ2n) is 4.61. The average Bonchev–Trinajstić information content (AvgIpc) is 3.22. The monoisotopic (exact) mass is 276 g/mol. The molecular weight excluding hydrogens is 264 g/mol. The largest absolute Gasteiger partial charge is 0.274 e. The fourth-order valence-electron chi connectivity index (χ4n) is 1.82. The molecule has 1 aliphatic rings. The van der Waals surface area contributed by atoms with Gasteiger partial charge in [0.05, 0.1) is 5.52 Å². The molecule has 6 heteroatoms. The van der Waals surface area contributed by atoms with Crippen LogP contribution in [-0.4, -0.2) is 19.3 Å². The lowest BCUT2D eigenvalue weighted by Gasteiger charge is -2.06. The van der Waals surface area contributed by atoms with Crippen molar-refractivity contribution in [2.45, 2.75) is 17.7 Å². The lowest BCUT2D eigenvalue weighted by atomic mass is 10.2. The molecule has 3 rings (SSSR count). The highest BCUT2D eigenvalue weighted by Gasteiger charge is 2.32. The van der Waals surface area contributed by atoms with E-state index in [2.05, 4.69) is 9.71 Å². The Morgan fingerprint density at radius 1 is 1.26 bits per heavy atom. The number of pyridine rings is 1. The number of amides is 1. The van der Waals surface area contributed by atoms with Crippen molar-refractivity contribution in [2.24, 2.45) is 5.92 Å². The highest BCUT2D eigenvalue weighted by Crippen LogP contribution is 2.29. The van der Waals surface area contributed by atoms with E-state index >= 15 is 0 Å². The number of aromatic nitrogens is 1. The number of hydrogen-bond donors (Lipinski definition) is 1. The third-order valence-electron chi connectivity index (χ3n) is 3.06. The number of benzene rings is 1. The molecule has 0 atom stereocenters. The zero-order valence-corrected chi connectivity index (χ0v) is 10.9. The zero-order valence-electron chi connectivity index (χ0n) is 10.0. The molecule has 2 aromatic rings. The maximum atomic E-state index is 12.0. The minimum Gasteiger partial charge on any atom is -0.274 e. The Balaban J connectivity index is 1.95. The molecule has 1 saturated carbocycles. The van der Waals surface area contributed by atoms with Crippen LogP contribution in [0.15, 0.2) is 41.4 Å². The smallest absolute Gasteiger partial charge is 0.265 e. The molecule has 1 amide bonds. The summed E-state index contributed by atoms with van der Waals surface area (Å²) in [6.07, 6.45) is 2.79. The Morgan fingerprint density at radius 2 is 2.00 bits per heavy atom. The Hall–Kier alpha value is -1.95. The van der Waals surface area contributed by atoms with Crippen LogP contribution < -0.4 is 4.72 Å². The number of nitrogens with zero attached hydrogens (tertiary/aromatic N) is 1. The molecule has 0 aliphatic heterocycles. The van der Waals surface area contributed by atoms with Crippen LogP contribution in [0, 0.1) is 5.92 Å². The standard InChI is InChI=1S/C13H12N2O3S/c16-13(9-5-6-9)15-19(17,18)11-7-10-3-1-2-4-12(10)14-8-11/h1-4,7-9H,5-6H2,(H,15,16). The van der Waals surface area contributed by atoms with Crippen molar-refractivity contribution in [3.05, 3.63) is 36.5 Å². The quantitative estimate of drug-likeness (QED) is 0.920. The summed E-state index contributed by atoms with van der Waals surface area (Å²) in [4.78, 5) is 15.6. The van der Waals surface area contributed by atoms with Crippen LogP contribution in [0.25, 0.3) is 10.9 Å². The van der Waals surface area contributed by atoms with Gasteiger partial charge in [0.1, 0.15) is 4.90 Å². The number of sulfonamides is 1. The Labute approximate surface area is 110 Å². The molecule has 19 heavy (non-hydrogen) atoms. The summed E-state index contributed by atoms with van der Waals surface area (Å²) in [5, 5.41) is 0.726. The van der Waals surface area contributed by atoms with E-state index in [0.29, 0.717) is 0 Å². The summed E-state index contributed by atoms with van der Waals surface area (Å²) in [6.45, 7) is 0. The molecule has 5 nitrogen and oxygen atoms in total. The van der Waals surface area contributed by atoms with Gasteiger partial charge in [-0.05, 0) is 25.0 Å². The minimum atomic E-state index is -3.82. The topological polar surface area (TPSA) is 76.1 Å². The van der Waals surface area contributed by atoms with E-state index in [1.54, 1.807) is 12.1 Å². The first-order valence-corrected chi connectivity index (χ1v) is 7.46. The normalized spacial score (nSPS) is 15.4. The van der Waals surface area contributed by atoms with Crippen LogP contribution in [0.1, 0.15) is 12.8 Å². The van der Waals surface area contributed by atoms with Crippen LogP contribution in [0.4, 0.5) is 0 Å². The molecule has 1 aromatic carbocycles. The third-order valence-corrected chi connectivity index (χ3v) is 4.37. The molecule has 1 N–H and O–H groups in total. The van der Waals surface area contributed by atoms with Gasteiger partial charge >= 0.3 is 0 Å². The summed E-state index contributed by atoms with van der Waals surface area (Å²) >= 11 is 0. The molecule has 1 fully saturated rings. The Kier molecular flexibility index (Phi) is 2.74. The van der Waals surface area contributed by atoms with Gasteiger partial charge in [-0.25, -0.2) is 13.1 Å². The number of rotatable bonds is 3. The van der Waals surface area contributed by atoms with Gasteiger partial charge in [-0.1, -0.05) is 18.2 Å². The fourth-order valence-corrected chi connectivity index (χ4v) is 2.84. The predicted octanol–water partition coefficient (Wildman–Crippen LogP) is 1.45. The van der Waals surface area contributed by atoms with Crippen molar-refractivity contribution < 1.29 is 13.2 Å². The van der Waals surface area contributed by atoms with Crippen LogP contribution in [0.5, 0.6) is 0 Å². The van der Waals surface area contributed by atoms with E-state index in [4.69, 9.17) is 0 Å². The predicted molar refractivity (Wildman–Crippen MR) is 69.8 cm³/mol. The van der Waals surface area contributed by atoms with Crippen molar-refractivity contribution >= 4 is 26.8 Å². The van der Waals surface area contributed by atoms with E-state index in [9.17, 15) is 13.2 Å². The van der Waals surface area contributed by atoms with Gasteiger partial charge in [0, 0.05) is 17.5 Å². The van der Waals surface area contributed by atoms with Crippen molar-refractivity contribution in [3.8, 4) is 0 Å². The van der Waals surface area contributed by atoms with Crippen molar-refractivity contribution in [3.63, 3.8) is 0 Å². The molecule has 0 spiro atoms. The van der Waals surface area contributed by atoms with Crippen LogP contribution >= 0.6 is 0 Å². The van der Waals surface area contributed by atoms with Gasteiger partial charge in [-0.15, -0.1) is 0 Å². The van der Waals surface area contributed by atoms with Crippen LogP contribution in [0.3, 0.4) is 0 Å². The summed E-state index contributed by atoms with van der Waals surface area (Å²) in [6, 6.07) is 8.74. The van der Waals surface area contributed by atoms with Crippen molar-refractivity contribution in [1.29, 1.82) is 0 Å². The zero-order chi connectivity index (χ0) is 13.5. The first kappa shape index (κ1) is 12.1. The highest BCUT2D eigenvalue weighted by atomic mass is 32.2. The number of carbonyl (C=O) groups is 1. The minimum absolute atomic E-state index is 0.0141. The molecule has 1 aliphatic carbocycles. The van der Waals surface area contributed by atoms with Gasteiger partial charge in [-0.2, -0.15) is 0 Å². The fraction of sp³-hybridized carbons (Fsp3) is 0.231. The second-order valence-corrected chi connectivity index (χ2v) is 6.29. The van der Waals surface area contributed by atoms with E-state index in [1.807, 2.05) is 12.1 Å². The number of nitrogens with one attached hydrogen (secondary N) is 1. The molecule has 0 unspecified atom stereocenters. The number of fused-ring (bicyclic) bond motifs is 1. The van der Waals surface area contributed by atoms with Crippen molar-refractivity contribution in [2.75, 3.05) is 0 Å². The molecule has 1 aromatic heterocycles. The molecule has 0 radical (unpaired) electrons. The van der Waals surface area contributed by atoms with Crippen LogP contribution in [0.2, 0.25) is 0 Å². The maximum Gasteiger partial charge on any atom is 0.265 e. The highest BCUT2D eigenvalue weighted by molar-refractivity contribution is 7.90. The Bertz CT molecular complexity index is 751. The van der Waals surface area contributed by atoms with E-state index in [0.717, 1.165) is 23.7 Å². The molecule has 0 saturated heterocycles. The first-order valence-electron chi connectivity index (χ1n) is 5.98. The van der Waals surface area contributed by atoms with Crippen LogP contribution in [-0.2, 0) is 14.8 Å². The summed E-state index contributed by atoms with van der Waals surface area (Å²) in [5.74, 6) is -0.573. The molecule has 1 heterocycles. The molecular formula is C13H12N2O3S. The lowest BCUT2D eigenvalue weighted by molar-refractivity contribution is -0.120. The second kappa shape index (κ2) is 4.31. The molecule has 0 bridgehead atoms. The van der Waals surface area contributed by atoms with E-state index in [1.165, 1.54) is 12.3 Å². The lowest BCUT2D eigenvalue weighted by Crippen LogP contribution is -2.31. The van der Waals surface area contributed by atoms with Gasteiger partial charge in [0.2, 0.25) is 5.91 Å². The van der Waals surface area contributed by atoms with E-state index < -0.39 is 15.9 Å². The number of carbonyl (C=O) groups excluding carboxylic acids is 1. The van der Waals surface area contributed by atoms with Gasteiger partial charge < -0.3 is 0 Å². The van der Waals surface area contributed by atoms with Gasteiger partial charge in [0.25, 0.3) is 10.0 Å². The van der Waals surface area contributed by atoms with Gasteiger partial charge in [0.15, 0.2) is 0 Å². The van der Waals surface area contributed by atoms with E-state index in [-0.39, 0.29) is 10.8 Å². The van der Waals surface area contributed by atoms with Crippen molar-refractivity contribution in [1.82, 2.24) is 9.71 Å². The average molecular weight is 276 g/mol. The number of hydrogen-bond acceptors (Lipinski definition) is 4. The summed E-state index contributed by atoms with van der Waals surface area (Å²) in [5.41, 5.74) is 0.718. The third kappa shape index (κ3) is 2.44.